The number of nitrogens with one attached hydrogen (secondary N) is 1. The molecular weight excluding hydrogens is 408 g/mol. The van der Waals surface area contributed by atoms with Gasteiger partial charge in [-0.3, -0.25) is 9.36 Å². The standard InChI is InChI=1S/C18H19F2N3O7/c1-28-10-5-9(6-11(7-10)29-2)15(26)21-13-3-4-23(17(27)22-13)16-18(19,20)14(25)12(8-24)30-16/h3-7,12,14,16,24-25H,8H2,1-2H3,(H,21,22,26,27)/t12-,14-,16?/m1/s1. The van der Waals surface area contributed by atoms with Gasteiger partial charge in [0.15, 0.2) is 6.10 Å². The number of hydrogen-bond donors (Lipinski definition) is 3. The Labute approximate surface area is 168 Å². The van der Waals surface area contributed by atoms with E-state index in [4.69, 9.17) is 19.3 Å². The van der Waals surface area contributed by atoms with Crippen molar-refractivity contribution in [2.24, 2.45) is 0 Å². The second-order valence-electron chi connectivity index (χ2n) is 6.39. The molecule has 3 N–H and O–H groups in total. The van der Waals surface area contributed by atoms with E-state index >= 15 is 0 Å². The molecule has 1 aromatic heterocycles. The van der Waals surface area contributed by atoms with Crippen LogP contribution in [0, 0.1) is 0 Å². The molecule has 1 saturated heterocycles. The number of rotatable bonds is 6. The van der Waals surface area contributed by atoms with Crippen LogP contribution in [0.15, 0.2) is 35.3 Å². The number of amides is 1. The number of anilines is 1. The molecule has 12 heteroatoms. The highest BCUT2D eigenvalue weighted by Crippen LogP contribution is 2.42. The number of aromatic nitrogens is 2. The Bertz CT molecular complexity index is 976. The number of aliphatic hydroxyl groups excluding tert-OH is 2. The maximum atomic E-state index is 14.2. The second kappa shape index (κ2) is 8.34. The molecule has 0 bridgehead atoms. The molecule has 2 heterocycles. The lowest BCUT2D eigenvalue weighted by molar-refractivity contribution is -0.140. The topological polar surface area (TPSA) is 132 Å². The van der Waals surface area contributed by atoms with Gasteiger partial charge < -0.3 is 29.7 Å². The number of nitrogens with zero attached hydrogens (tertiary/aromatic N) is 2. The predicted molar refractivity (Wildman–Crippen MR) is 97.9 cm³/mol. The molecule has 1 aliphatic heterocycles. The first-order valence-corrected chi connectivity index (χ1v) is 8.67. The molecule has 10 nitrogen and oxygen atoms in total. The van der Waals surface area contributed by atoms with Crippen molar-refractivity contribution < 1.29 is 38.0 Å². The van der Waals surface area contributed by atoms with Gasteiger partial charge in [-0.05, 0) is 18.2 Å². The monoisotopic (exact) mass is 427 g/mol. The molecular formula is C18H19F2N3O7. The number of alkyl halides is 2. The summed E-state index contributed by atoms with van der Waals surface area (Å²) in [5, 5.41) is 21.0. The average molecular weight is 427 g/mol. The van der Waals surface area contributed by atoms with Gasteiger partial charge in [-0.1, -0.05) is 0 Å². The maximum Gasteiger partial charge on any atom is 0.351 e. The fourth-order valence-corrected chi connectivity index (χ4v) is 2.91. The maximum absolute atomic E-state index is 14.2. The van der Waals surface area contributed by atoms with Crippen LogP contribution in [0.1, 0.15) is 16.6 Å². The molecule has 30 heavy (non-hydrogen) atoms. The molecule has 0 spiro atoms. The third-order valence-electron chi connectivity index (χ3n) is 4.50. The summed E-state index contributed by atoms with van der Waals surface area (Å²) in [6, 6.07) is 5.55. The molecule has 1 aromatic carbocycles. The van der Waals surface area contributed by atoms with Gasteiger partial charge in [0, 0.05) is 17.8 Å². The first-order chi connectivity index (χ1) is 14.2. The van der Waals surface area contributed by atoms with E-state index in [1.165, 1.54) is 26.4 Å². The summed E-state index contributed by atoms with van der Waals surface area (Å²) < 4.78 is 44.0. The molecule has 3 rings (SSSR count). The Balaban J connectivity index is 1.83. The van der Waals surface area contributed by atoms with Gasteiger partial charge >= 0.3 is 11.6 Å². The van der Waals surface area contributed by atoms with E-state index in [0.717, 1.165) is 12.3 Å². The van der Waals surface area contributed by atoms with E-state index in [1.54, 1.807) is 6.07 Å². The Morgan fingerprint density at radius 2 is 1.93 bits per heavy atom. The summed E-state index contributed by atoms with van der Waals surface area (Å²) in [6.45, 7) is -0.854. The Morgan fingerprint density at radius 3 is 2.43 bits per heavy atom. The number of carbonyl (C=O) groups excluding carboxylic acids is 1. The largest absolute Gasteiger partial charge is 0.497 e. The highest BCUT2D eigenvalue weighted by molar-refractivity contribution is 6.04. The number of ether oxygens (including phenoxy) is 3. The van der Waals surface area contributed by atoms with Crippen molar-refractivity contribution >= 4 is 11.7 Å². The molecule has 0 aliphatic carbocycles. The van der Waals surface area contributed by atoms with Crippen molar-refractivity contribution in [2.45, 2.75) is 24.4 Å². The van der Waals surface area contributed by atoms with Gasteiger partial charge in [0.25, 0.3) is 5.91 Å². The Kier molecular flexibility index (Phi) is 6.01. The third-order valence-corrected chi connectivity index (χ3v) is 4.50. The first kappa shape index (κ1) is 21.6. The lowest BCUT2D eigenvalue weighted by Gasteiger charge is -2.21. The zero-order valence-corrected chi connectivity index (χ0v) is 15.9. The number of carbonyl (C=O) groups is 1. The van der Waals surface area contributed by atoms with E-state index in [-0.39, 0.29) is 11.4 Å². The highest BCUT2D eigenvalue weighted by Gasteiger charge is 2.59. The quantitative estimate of drug-likeness (QED) is 0.604. The average Bonchev–Trinajstić information content (AvgIpc) is 2.96. The van der Waals surface area contributed by atoms with Crippen LogP contribution in [-0.2, 0) is 4.74 Å². The van der Waals surface area contributed by atoms with Crippen molar-refractivity contribution in [3.63, 3.8) is 0 Å². The fraction of sp³-hybridized carbons (Fsp3) is 0.389. The van der Waals surface area contributed by atoms with Crippen LogP contribution < -0.4 is 20.5 Å². The smallest absolute Gasteiger partial charge is 0.351 e. The number of aliphatic hydroxyl groups is 2. The molecule has 1 fully saturated rings. The molecule has 1 aliphatic rings. The minimum atomic E-state index is -3.83. The number of methoxy groups -OCH3 is 2. The van der Waals surface area contributed by atoms with Gasteiger partial charge in [-0.25, -0.2) is 4.79 Å². The zero-order valence-electron chi connectivity index (χ0n) is 15.9. The molecule has 0 radical (unpaired) electrons. The third kappa shape index (κ3) is 3.97. The molecule has 0 saturated carbocycles. The summed E-state index contributed by atoms with van der Waals surface area (Å²) in [4.78, 5) is 28.3. The Hall–Kier alpha value is -3.09. The van der Waals surface area contributed by atoms with Crippen LogP contribution >= 0.6 is 0 Å². The molecule has 1 amide bonds. The van der Waals surface area contributed by atoms with E-state index < -0.39 is 42.6 Å². The van der Waals surface area contributed by atoms with Gasteiger partial charge in [0.05, 0.1) is 20.8 Å². The van der Waals surface area contributed by atoms with Crippen molar-refractivity contribution in [2.75, 3.05) is 26.1 Å². The normalized spacial score (nSPS) is 22.5. The first-order valence-electron chi connectivity index (χ1n) is 8.67. The number of benzene rings is 1. The van der Waals surface area contributed by atoms with Crippen LogP contribution in [0.25, 0.3) is 0 Å². The van der Waals surface area contributed by atoms with Crippen LogP contribution in [0.2, 0.25) is 0 Å². The van der Waals surface area contributed by atoms with Crippen LogP contribution in [-0.4, -0.2) is 64.6 Å². The van der Waals surface area contributed by atoms with Gasteiger partial charge in [0.1, 0.15) is 23.4 Å². The highest BCUT2D eigenvalue weighted by atomic mass is 19.3. The molecule has 162 valence electrons. The summed E-state index contributed by atoms with van der Waals surface area (Å²) in [7, 11) is 2.83. The van der Waals surface area contributed by atoms with Crippen molar-refractivity contribution in [3.05, 3.63) is 46.5 Å². The second-order valence-corrected chi connectivity index (χ2v) is 6.39. The minimum absolute atomic E-state index is 0.150. The lowest BCUT2D eigenvalue weighted by atomic mass is 10.1. The summed E-state index contributed by atoms with van der Waals surface area (Å²) in [5.74, 6) is -3.94. The molecule has 3 atom stereocenters. The predicted octanol–water partition coefficient (Wildman–Crippen LogP) is 0.399. The summed E-state index contributed by atoms with van der Waals surface area (Å²) in [5.41, 5.74) is -0.997. The zero-order chi connectivity index (χ0) is 22.1. The number of hydrogen-bond acceptors (Lipinski definition) is 8. The minimum Gasteiger partial charge on any atom is -0.497 e. The van der Waals surface area contributed by atoms with Crippen LogP contribution in [0.3, 0.4) is 0 Å². The molecule has 2 aromatic rings. The number of halogens is 2. The van der Waals surface area contributed by atoms with E-state index in [0.29, 0.717) is 16.1 Å². The van der Waals surface area contributed by atoms with E-state index in [9.17, 15) is 23.5 Å². The summed E-state index contributed by atoms with van der Waals surface area (Å²) >= 11 is 0. The van der Waals surface area contributed by atoms with Crippen molar-refractivity contribution in [1.29, 1.82) is 0 Å². The van der Waals surface area contributed by atoms with Crippen LogP contribution in [0.4, 0.5) is 14.6 Å². The van der Waals surface area contributed by atoms with Crippen molar-refractivity contribution in [1.82, 2.24) is 9.55 Å². The van der Waals surface area contributed by atoms with E-state index in [1.807, 2.05) is 0 Å². The summed E-state index contributed by atoms with van der Waals surface area (Å²) in [6.07, 6.45) is -5.06. The van der Waals surface area contributed by atoms with Crippen LogP contribution in [0.5, 0.6) is 11.5 Å². The van der Waals surface area contributed by atoms with E-state index in [2.05, 4.69) is 10.3 Å². The van der Waals surface area contributed by atoms with Gasteiger partial charge in [0.2, 0.25) is 6.23 Å². The lowest BCUT2D eigenvalue weighted by Crippen LogP contribution is -2.41. The fourth-order valence-electron chi connectivity index (χ4n) is 2.91. The molecule has 1 unspecified atom stereocenters. The SMILES string of the molecule is COc1cc(OC)cc(C(=O)Nc2ccn(C3O[C@H](CO)[C@@H](O)C3(F)F)c(=O)n2)c1. The Morgan fingerprint density at radius 1 is 1.30 bits per heavy atom. The van der Waals surface area contributed by atoms with Gasteiger partial charge in [-0.2, -0.15) is 13.8 Å². The van der Waals surface area contributed by atoms with Crippen molar-refractivity contribution in [3.8, 4) is 11.5 Å². The van der Waals surface area contributed by atoms with Gasteiger partial charge in [-0.15, -0.1) is 0 Å².